The molecule has 2 saturated heterocycles. The number of hydrogen-bond donors (Lipinski definition) is 3. The molecule has 3 atom stereocenters. The van der Waals surface area contributed by atoms with Crippen molar-refractivity contribution in [3.8, 4) is 0 Å². The van der Waals surface area contributed by atoms with Crippen molar-refractivity contribution in [1.82, 2.24) is 10.2 Å². The summed E-state index contributed by atoms with van der Waals surface area (Å²) in [5.41, 5.74) is -0.818. The minimum atomic E-state index is -0.818. The summed E-state index contributed by atoms with van der Waals surface area (Å²) in [5, 5.41) is 21.8. The quantitative estimate of drug-likeness (QED) is 0.682. The third-order valence-electron chi connectivity index (χ3n) is 4.71. The average molecular weight is 284 g/mol. The highest BCUT2D eigenvalue weighted by atomic mass is 16.4. The van der Waals surface area contributed by atoms with Crippen LogP contribution < -0.4 is 5.32 Å². The van der Waals surface area contributed by atoms with E-state index in [1.807, 2.05) is 0 Å². The molecule has 2 fully saturated rings. The Morgan fingerprint density at radius 3 is 2.60 bits per heavy atom. The first-order valence-electron chi connectivity index (χ1n) is 7.26. The Bertz CT molecular complexity index is 397. The van der Waals surface area contributed by atoms with Crippen molar-refractivity contribution in [2.24, 2.45) is 11.3 Å². The average Bonchev–Trinajstić information content (AvgIpc) is 2.84. The fourth-order valence-corrected chi connectivity index (χ4v) is 3.07. The molecule has 2 heterocycles. The number of carbonyl (C=O) groups is 2. The zero-order valence-corrected chi connectivity index (χ0v) is 12.1. The lowest BCUT2D eigenvalue weighted by Crippen LogP contribution is -2.51. The summed E-state index contributed by atoms with van der Waals surface area (Å²) in [7, 11) is 0. The number of amides is 1. The van der Waals surface area contributed by atoms with Crippen molar-refractivity contribution >= 4 is 11.9 Å². The van der Waals surface area contributed by atoms with E-state index in [9.17, 15) is 19.8 Å². The van der Waals surface area contributed by atoms with E-state index in [0.717, 1.165) is 12.8 Å². The molecule has 2 aliphatic heterocycles. The monoisotopic (exact) mass is 284 g/mol. The van der Waals surface area contributed by atoms with Gasteiger partial charge in [-0.05, 0) is 39.0 Å². The Hall–Kier alpha value is -1.14. The SMILES string of the molecule is CC(C)(C(=O)O)C1CCCN(C(=O)C2CC(O)CN2)C1. The largest absolute Gasteiger partial charge is 0.481 e. The Labute approximate surface area is 119 Å². The molecule has 1 amide bonds. The fourth-order valence-electron chi connectivity index (χ4n) is 3.07. The van der Waals surface area contributed by atoms with Crippen LogP contribution in [0.4, 0.5) is 0 Å². The first-order chi connectivity index (χ1) is 9.32. The van der Waals surface area contributed by atoms with Gasteiger partial charge in [-0.25, -0.2) is 0 Å². The molecule has 20 heavy (non-hydrogen) atoms. The first kappa shape index (κ1) is 15.3. The summed E-state index contributed by atoms with van der Waals surface area (Å²) in [6, 6.07) is -0.323. The Balaban J connectivity index is 2.00. The van der Waals surface area contributed by atoms with Crippen LogP contribution in [0.3, 0.4) is 0 Å². The minimum Gasteiger partial charge on any atom is -0.481 e. The van der Waals surface area contributed by atoms with Crippen molar-refractivity contribution in [1.29, 1.82) is 0 Å². The lowest BCUT2D eigenvalue weighted by molar-refractivity contribution is -0.153. The standard InChI is InChI=1S/C14H24N2O4/c1-14(2,13(19)20)9-4-3-5-16(8-9)12(18)11-6-10(17)7-15-11/h9-11,15,17H,3-8H2,1-2H3,(H,19,20). The van der Waals surface area contributed by atoms with Gasteiger partial charge in [0.2, 0.25) is 5.91 Å². The number of carbonyl (C=O) groups excluding carboxylic acids is 1. The summed E-state index contributed by atoms with van der Waals surface area (Å²) >= 11 is 0. The highest BCUT2D eigenvalue weighted by Crippen LogP contribution is 2.34. The normalized spacial score (nSPS) is 31.4. The van der Waals surface area contributed by atoms with Crippen molar-refractivity contribution in [3.63, 3.8) is 0 Å². The van der Waals surface area contributed by atoms with E-state index in [1.165, 1.54) is 0 Å². The molecule has 6 heteroatoms. The topological polar surface area (TPSA) is 89.9 Å². The molecule has 0 spiro atoms. The van der Waals surface area contributed by atoms with Gasteiger partial charge in [-0.3, -0.25) is 9.59 Å². The van der Waals surface area contributed by atoms with Crippen LogP contribution in [-0.4, -0.2) is 58.8 Å². The molecule has 0 bridgehead atoms. The van der Waals surface area contributed by atoms with E-state index in [0.29, 0.717) is 26.1 Å². The maximum Gasteiger partial charge on any atom is 0.309 e. The Morgan fingerprint density at radius 2 is 2.05 bits per heavy atom. The second kappa shape index (κ2) is 5.69. The number of aliphatic carboxylic acids is 1. The van der Waals surface area contributed by atoms with Crippen LogP contribution in [0, 0.1) is 11.3 Å². The number of carboxylic acids is 1. The lowest BCUT2D eigenvalue weighted by Gasteiger charge is -2.40. The van der Waals surface area contributed by atoms with E-state index in [4.69, 9.17) is 0 Å². The zero-order valence-electron chi connectivity index (χ0n) is 12.1. The number of hydrogen-bond acceptors (Lipinski definition) is 4. The Morgan fingerprint density at radius 1 is 1.35 bits per heavy atom. The van der Waals surface area contributed by atoms with Crippen LogP contribution in [0.25, 0.3) is 0 Å². The molecule has 0 aliphatic carbocycles. The molecule has 0 aromatic carbocycles. The van der Waals surface area contributed by atoms with Gasteiger partial charge in [-0.15, -0.1) is 0 Å². The van der Waals surface area contributed by atoms with Crippen LogP contribution in [0.2, 0.25) is 0 Å². The van der Waals surface area contributed by atoms with Crippen molar-refractivity contribution in [2.45, 2.75) is 45.3 Å². The molecule has 0 aromatic heterocycles. The highest BCUT2D eigenvalue weighted by Gasteiger charge is 2.41. The van der Waals surface area contributed by atoms with Gasteiger partial charge in [0.1, 0.15) is 0 Å². The fraction of sp³-hybridized carbons (Fsp3) is 0.857. The summed E-state index contributed by atoms with van der Waals surface area (Å²) in [5.74, 6) is -0.845. The maximum atomic E-state index is 12.4. The van der Waals surface area contributed by atoms with Crippen molar-refractivity contribution in [2.75, 3.05) is 19.6 Å². The zero-order chi connectivity index (χ0) is 14.9. The third kappa shape index (κ3) is 2.96. The molecule has 6 nitrogen and oxygen atoms in total. The third-order valence-corrected chi connectivity index (χ3v) is 4.71. The van der Waals surface area contributed by atoms with Crippen molar-refractivity contribution < 1.29 is 19.8 Å². The number of aliphatic hydroxyl groups is 1. The highest BCUT2D eigenvalue weighted by molar-refractivity contribution is 5.82. The summed E-state index contributed by atoms with van der Waals surface area (Å²) in [6.45, 7) is 5.08. The lowest BCUT2D eigenvalue weighted by atomic mass is 9.74. The number of aliphatic hydroxyl groups excluding tert-OH is 1. The molecule has 0 aromatic rings. The smallest absolute Gasteiger partial charge is 0.309 e. The molecule has 114 valence electrons. The van der Waals surface area contributed by atoms with Gasteiger partial charge in [0.15, 0.2) is 0 Å². The summed E-state index contributed by atoms with van der Waals surface area (Å²) < 4.78 is 0. The van der Waals surface area contributed by atoms with Gasteiger partial charge in [0.05, 0.1) is 17.6 Å². The second-order valence-electron chi connectivity index (χ2n) is 6.50. The van der Waals surface area contributed by atoms with Crippen LogP contribution in [0.15, 0.2) is 0 Å². The number of likely N-dealkylation sites (tertiary alicyclic amines) is 1. The molecule has 0 saturated carbocycles. The number of nitrogens with zero attached hydrogens (tertiary/aromatic N) is 1. The van der Waals surface area contributed by atoms with Gasteiger partial charge in [0.25, 0.3) is 0 Å². The molecular formula is C14H24N2O4. The van der Waals surface area contributed by atoms with E-state index in [2.05, 4.69) is 5.32 Å². The molecule has 3 N–H and O–H groups in total. The molecule has 3 unspecified atom stereocenters. The minimum absolute atomic E-state index is 0.00700. The first-order valence-corrected chi connectivity index (χ1v) is 7.26. The summed E-state index contributed by atoms with van der Waals surface area (Å²) in [6.07, 6.45) is 1.66. The summed E-state index contributed by atoms with van der Waals surface area (Å²) in [4.78, 5) is 25.5. The van der Waals surface area contributed by atoms with Gasteiger partial charge in [-0.1, -0.05) is 0 Å². The molecule has 0 radical (unpaired) electrons. The van der Waals surface area contributed by atoms with E-state index in [-0.39, 0.29) is 17.9 Å². The van der Waals surface area contributed by atoms with Crippen LogP contribution in [0.1, 0.15) is 33.1 Å². The van der Waals surface area contributed by atoms with Gasteiger partial charge >= 0.3 is 5.97 Å². The molecule has 2 rings (SSSR count). The predicted octanol–water partition coefficient (Wildman–Crippen LogP) is 0.0586. The van der Waals surface area contributed by atoms with E-state index < -0.39 is 17.5 Å². The van der Waals surface area contributed by atoms with Gasteiger partial charge in [0, 0.05) is 19.6 Å². The second-order valence-corrected chi connectivity index (χ2v) is 6.50. The van der Waals surface area contributed by atoms with Gasteiger partial charge in [-0.2, -0.15) is 0 Å². The van der Waals surface area contributed by atoms with E-state index in [1.54, 1.807) is 18.7 Å². The Kier molecular flexibility index (Phi) is 4.34. The number of nitrogens with one attached hydrogen (secondary N) is 1. The van der Waals surface area contributed by atoms with Crippen LogP contribution in [-0.2, 0) is 9.59 Å². The van der Waals surface area contributed by atoms with Gasteiger partial charge < -0.3 is 20.4 Å². The number of piperidine rings is 1. The predicted molar refractivity (Wildman–Crippen MR) is 73.1 cm³/mol. The molecular weight excluding hydrogens is 260 g/mol. The number of rotatable bonds is 3. The number of carboxylic acid groups (broad SMARTS) is 1. The van der Waals surface area contributed by atoms with Crippen LogP contribution in [0.5, 0.6) is 0 Å². The number of β-amino-alcohol motifs (C(OH)–C–C–N with tert-alkyl or cyclic N) is 1. The maximum absolute atomic E-state index is 12.4. The van der Waals surface area contributed by atoms with E-state index >= 15 is 0 Å². The van der Waals surface area contributed by atoms with Crippen molar-refractivity contribution in [3.05, 3.63) is 0 Å². The van der Waals surface area contributed by atoms with Crippen LogP contribution >= 0.6 is 0 Å². The molecule has 2 aliphatic rings.